The van der Waals surface area contributed by atoms with E-state index in [1.807, 2.05) is 12.2 Å². The Labute approximate surface area is 143 Å². The van der Waals surface area contributed by atoms with Crippen molar-refractivity contribution in [1.82, 2.24) is 0 Å². The van der Waals surface area contributed by atoms with Crippen molar-refractivity contribution in [2.75, 3.05) is 41.7 Å². The molecule has 0 aromatic carbocycles. The zero-order valence-corrected chi connectivity index (χ0v) is 14.7. The van der Waals surface area contributed by atoms with E-state index in [-0.39, 0.29) is 0 Å². The molecule has 0 N–H and O–H groups in total. The Morgan fingerprint density at radius 3 is 2.46 bits per heavy atom. The number of ether oxygens (including phenoxy) is 4. The van der Waals surface area contributed by atoms with E-state index in [4.69, 9.17) is 18.9 Å². The van der Waals surface area contributed by atoms with Crippen LogP contribution in [0.2, 0.25) is 0 Å². The summed E-state index contributed by atoms with van der Waals surface area (Å²) in [6.07, 6.45) is 9.18. The molecule has 1 aliphatic rings. The maximum Gasteiger partial charge on any atom is 0.157 e. The molecule has 0 atom stereocenters. The molecule has 5 heteroatoms. The summed E-state index contributed by atoms with van der Waals surface area (Å²) in [7, 11) is 6.34. The molecule has 0 aromatic heterocycles. The lowest BCUT2D eigenvalue weighted by molar-refractivity contribution is 0.207. The summed E-state index contributed by atoms with van der Waals surface area (Å²) in [5.41, 5.74) is 2.09. The zero-order chi connectivity index (χ0) is 17.9. The molecule has 0 saturated heterocycles. The van der Waals surface area contributed by atoms with Gasteiger partial charge in [0.25, 0.3) is 0 Å². The minimum atomic E-state index is -0.587. The van der Waals surface area contributed by atoms with Crippen LogP contribution in [0.5, 0.6) is 0 Å². The van der Waals surface area contributed by atoms with Crippen LogP contribution in [-0.2, 0) is 18.9 Å². The molecule has 0 heterocycles. The summed E-state index contributed by atoms with van der Waals surface area (Å²) >= 11 is 0. The van der Waals surface area contributed by atoms with E-state index in [1.54, 1.807) is 40.6 Å². The maximum absolute atomic E-state index is 12.9. The number of hydrogen-bond acceptors (Lipinski definition) is 4. The smallest absolute Gasteiger partial charge is 0.157 e. The second-order valence-corrected chi connectivity index (χ2v) is 4.94. The first-order chi connectivity index (χ1) is 11.6. The molecule has 0 fully saturated rings. The Kier molecular flexibility index (Phi) is 8.65. The highest BCUT2D eigenvalue weighted by atomic mass is 19.1. The molecule has 24 heavy (non-hydrogen) atoms. The molecular formula is C19H25FO4. The first-order valence-electron chi connectivity index (χ1n) is 7.49. The predicted molar refractivity (Wildman–Crippen MR) is 93.1 cm³/mol. The molecule has 0 aliphatic heterocycles. The quantitative estimate of drug-likeness (QED) is 0.596. The number of methoxy groups -OCH3 is 4. The van der Waals surface area contributed by atoms with Crippen molar-refractivity contribution in [1.29, 1.82) is 0 Å². The Morgan fingerprint density at radius 2 is 1.92 bits per heavy atom. The van der Waals surface area contributed by atoms with E-state index < -0.39 is 6.67 Å². The number of allylic oxidation sites excluding steroid dienone is 7. The van der Waals surface area contributed by atoms with Crippen LogP contribution in [0.1, 0.15) is 6.42 Å². The van der Waals surface area contributed by atoms with Crippen LogP contribution in [0, 0.1) is 0 Å². The highest BCUT2D eigenvalue weighted by Gasteiger charge is 2.17. The fourth-order valence-corrected chi connectivity index (χ4v) is 2.20. The molecule has 0 aromatic rings. The van der Waals surface area contributed by atoms with E-state index in [0.29, 0.717) is 41.5 Å². The van der Waals surface area contributed by atoms with Crippen LogP contribution in [0.25, 0.3) is 0 Å². The maximum atomic E-state index is 12.9. The largest absolute Gasteiger partial charge is 0.501 e. The molecule has 0 spiro atoms. The highest BCUT2D eigenvalue weighted by molar-refractivity contribution is 5.57. The summed E-state index contributed by atoms with van der Waals surface area (Å²) < 4.78 is 34.0. The Hall–Kier alpha value is -2.27. The van der Waals surface area contributed by atoms with E-state index in [2.05, 4.69) is 6.58 Å². The monoisotopic (exact) mass is 336 g/mol. The minimum absolute atomic E-state index is 0.437. The van der Waals surface area contributed by atoms with Crippen LogP contribution < -0.4 is 0 Å². The van der Waals surface area contributed by atoms with E-state index in [0.717, 1.165) is 5.57 Å². The van der Waals surface area contributed by atoms with Crippen molar-refractivity contribution in [3.8, 4) is 0 Å². The minimum Gasteiger partial charge on any atom is -0.501 e. The van der Waals surface area contributed by atoms with Crippen molar-refractivity contribution < 1.29 is 23.3 Å². The highest BCUT2D eigenvalue weighted by Crippen LogP contribution is 2.30. The summed E-state index contributed by atoms with van der Waals surface area (Å²) in [4.78, 5) is 0. The normalized spacial score (nSPS) is 15.8. The van der Waals surface area contributed by atoms with Crippen molar-refractivity contribution >= 4 is 0 Å². The number of hydrogen-bond donors (Lipinski definition) is 0. The van der Waals surface area contributed by atoms with Gasteiger partial charge < -0.3 is 18.9 Å². The van der Waals surface area contributed by atoms with Gasteiger partial charge in [-0.3, -0.25) is 0 Å². The van der Waals surface area contributed by atoms with Crippen molar-refractivity contribution in [2.24, 2.45) is 0 Å². The fourth-order valence-electron chi connectivity index (χ4n) is 2.20. The lowest BCUT2D eigenvalue weighted by Crippen LogP contribution is -1.97. The first kappa shape index (κ1) is 19.8. The zero-order valence-electron chi connectivity index (χ0n) is 14.7. The third kappa shape index (κ3) is 5.42. The molecule has 4 nitrogen and oxygen atoms in total. The summed E-state index contributed by atoms with van der Waals surface area (Å²) in [6, 6.07) is 0. The number of halogens is 1. The van der Waals surface area contributed by atoms with Gasteiger partial charge in [-0.1, -0.05) is 18.7 Å². The van der Waals surface area contributed by atoms with E-state index in [9.17, 15) is 4.39 Å². The molecular weight excluding hydrogens is 311 g/mol. The van der Waals surface area contributed by atoms with Crippen LogP contribution >= 0.6 is 0 Å². The lowest BCUT2D eigenvalue weighted by Gasteiger charge is -2.10. The molecule has 132 valence electrons. The van der Waals surface area contributed by atoms with Gasteiger partial charge in [-0.05, 0) is 34.9 Å². The first-order valence-corrected chi connectivity index (χ1v) is 7.49. The van der Waals surface area contributed by atoms with Gasteiger partial charge in [-0.15, -0.1) is 0 Å². The van der Waals surface area contributed by atoms with Crippen molar-refractivity contribution in [2.45, 2.75) is 6.42 Å². The SMILES string of the molecule is C=C(C1=CC(OC)=C(OC)CC(OC)=C1)C(/C=C\COC)=C/CF. The van der Waals surface area contributed by atoms with Gasteiger partial charge in [-0.25, -0.2) is 4.39 Å². The van der Waals surface area contributed by atoms with Gasteiger partial charge in [0.1, 0.15) is 18.2 Å². The average molecular weight is 336 g/mol. The average Bonchev–Trinajstić information content (AvgIpc) is 2.79. The van der Waals surface area contributed by atoms with Crippen LogP contribution in [0.15, 0.2) is 71.0 Å². The van der Waals surface area contributed by atoms with Gasteiger partial charge in [0, 0.05) is 7.11 Å². The summed E-state index contributed by atoms with van der Waals surface area (Å²) in [5.74, 6) is 1.93. The van der Waals surface area contributed by atoms with Crippen LogP contribution in [0.4, 0.5) is 4.39 Å². The van der Waals surface area contributed by atoms with E-state index in [1.165, 1.54) is 6.08 Å². The van der Waals surface area contributed by atoms with E-state index >= 15 is 0 Å². The summed E-state index contributed by atoms with van der Waals surface area (Å²) in [5, 5.41) is 0. The van der Waals surface area contributed by atoms with Gasteiger partial charge in [-0.2, -0.15) is 0 Å². The molecule has 0 bridgehead atoms. The van der Waals surface area contributed by atoms with Crippen molar-refractivity contribution in [3.05, 3.63) is 71.0 Å². The Balaban J connectivity index is 3.27. The van der Waals surface area contributed by atoms with Crippen molar-refractivity contribution in [3.63, 3.8) is 0 Å². The topological polar surface area (TPSA) is 36.9 Å². The van der Waals surface area contributed by atoms with Gasteiger partial charge in [0.05, 0.1) is 34.4 Å². The molecule has 0 radical (unpaired) electrons. The third-order valence-corrected chi connectivity index (χ3v) is 3.50. The molecule has 0 amide bonds. The third-order valence-electron chi connectivity index (χ3n) is 3.50. The molecule has 0 unspecified atom stereocenters. The molecule has 0 saturated carbocycles. The fraction of sp³-hybridized carbons (Fsp3) is 0.368. The Morgan fingerprint density at radius 1 is 1.17 bits per heavy atom. The van der Waals surface area contributed by atoms with Gasteiger partial charge in [0.2, 0.25) is 0 Å². The second-order valence-electron chi connectivity index (χ2n) is 4.94. The van der Waals surface area contributed by atoms with Crippen LogP contribution in [-0.4, -0.2) is 41.7 Å². The number of alkyl halides is 1. The van der Waals surface area contributed by atoms with Gasteiger partial charge in [0.15, 0.2) is 5.76 Å². The van der Waals surface area contributed by atoms with Crippen LogP contribution in [0.3, 0.4) is 0 Å². The Bertz CT molecular complexity index is 594. The lowest BCUT2D eigenvalue weighted by atomic mass is 9.97. The predicted octanol–water partition coefficient (Wildman–Crippen LogP) is 4.01. The molecule has 1 rings (SSSR count). The summed E-state index contributed by atoms with van der Waals surface area (Å²) in [6.45, 7) is 3.94. The van der Waals surface area contributed by atoms with Gasteiger partial charge >= 0.3 is 0 Å². The number of rotatable bonds is 9. The molecule has 1 aliphatic carbocycles. The standard InChI is InChI=1S/C19H25FO4/c1-14(15(8-9-20)7-6-10-21-2)16-11-17(22-3)13-19(24-5)18(12-16)23-4/h6-8,11-12H,1,9-10,13H2,2-5H3/b7-6-,15-8+. The second kappa shape index (κ2) is 10.5.